The van der Waals surface area contributed by atoms with E-state index < -0.39 is 17.8 Å². The van der Waals surface area contributed by atoms with Crippen LogP contribution in [0.3, 0.4) is 0 Å². The second-order valence-electron chi connectivity index (χ2n) is 4.36. The lowest BCUT2D eigenvalue weighted by atomic mass is 10.2. The highest BCUT2D eigenvalue weighted by Gasteiger charge is 2.18. The summed E-state index contributed by atoms with van der Waals surface area (Å²) >= 11 is 0. The van der Waals surface area contributed by atoms with Gasteiger partial charge >= 0.3 is 11.9 Å². The molecule has 0 spiro atoms. The van der Waals surface area contributed by atoms with E-state index in [1.807, 2.05) is 13.8 Å². The number of rotatable bonds is 5. The van der Waals surface area contributed by atoms with Crippen LogP contribution in [0.1, 0.15) is 13.8 Å². The predicted octanol–water partition coefficient (Wildman–Crippen LogP) is 0.317. The minimum atomic E-state index is -0.859. The number of carbonyl (C=O) groups excluding carboxylic acids is 3. The molecule has 0 aromatic rings. The van der Waals surface area contributed by atoms with Crippen molar-refractivity contribution in [2.45, 2.75) is 13.8 Å². The second-order valence-corrected chi connectivity index (χ2v) is 4.36. The van der Waals surface area contributed by atoms with Gasteiger partial charge in [-0.15, -0.1) is 0 Å². The van der Waals surface area contributed by atoms with E-state index in [1.165, 1.54) is 6.20 Å². The van der Waals surface area contributed by atoms with Gasteiger partial charge in [-0.1, -0.05) is 20.4 Å². The average Bonchev–Trinajstić information content (AvgIpc) is 2.37. The Morgan fingerprint density at radius 2 is 2.00 bits per heavy atom. The number of hydrogen-bond acceptors (Lipinski definition) is 6. The second kappa shape index (κ2) is 7.13. The molecule has 7 heteroatoms. The molecule has 108 valence electrons. The summed E-state index contributed by atoms with van der Waals surface area (Å²) in [6, 6.07) is 0. The van der Waals surface area contributed by atoms with Gasteiger partial charge in [-0.3, -0.25) is 4.79 Å². The molecule has 0 fully saturated rings. The van der Waals surface area contributed by atoms with Crippen molar-refractivity contribution in [3.05, 3.63) is 36.5 Å². The van der Waals surface area contributed by atoms with Crippen molar-refractivity contribution in [1.29, 1.82) is 0 Å². The Morgan fingerprint density at radius 1 is 1.35 bits per heavy atom. The van der Waals surface area contributed by atoms with E-state index in [0.717, 1.165) is 12.2 Å². The first kappa shape index (κ1) is 15.5. The van der Waals surface area contributed by atoms with Crippen LogP contribution in [0.15, 0.2) is 36.5 Å². The smallest absolute Gasteiger partial charge is 0.336 e. The molecular formula is C13H16N2O5. The Balaban J connectivity index is 2.45. The lowest BCUT2D eigenvalue weighted by molar-refractivity contribution is -0.140. The minimum absolute atomic E-state index is 0.203. The van der Waals surface area contributed by atoms with Crippen LogP contribution < -0.4 is 10.6 Å². The van der Waals surface area contributed by atoms with E-state index in [1.54, 1.807) is 0 Å². The zero-order valence-electron chi connectivity index (χ0n) is 11.3. The van der Waals surface area contributed by atoms with E-state index in [2.05, 4.69) is 17.2 Å². The summed E-state index contributed by atoms with van der Waals surface area (Å²) in [5.74, 6) is -1.84. The molecule has 1 heterocycles. The molecule has 0 saturated carbocycles. The fourth-order valence-corrected chi connectivity index (χ4v) is 1.10. The highest BCUT2D eigenvalue weighted by molar-refractivity contribution is 5.98. The third kappa shape index (κ3) is 5.38. The summed E-state index contributed by atoms with van der Waals surface area (Å²) in [6.45, 7) is 7.51. The third-order valence-corrected chi connectivity index (χ3v) is 1.99. The van der Waals surface area contributed by atoms with Crippen molar-refractivity contribution in [2.75, 3.05) is 6.61 Å². The fraction of sp³-hybridized carbons (Fsp3) is 0.308. The summed E-state index contributed by atoms with van der Waals surface area (Å²) in [5.41, 5.74) is 0. The van der Waals surface area contributed by atoms with E-state index >= 15 is 0 Å². The summed E-state index contributed by atoms with van der Waals surface area (Å²) in [7, 11) is 0. The maximum absolute atomic E-state index is 11.4. The van der Waals surface area contributed by atoms with Gasteiger partial charge in [0.1, 0.15) is 5.82 Å². The van der Waals surface area contributed by atoms with Crippen LogP contribution in [-0.2, 0) is 23.9 Å². The zero-order chi connectivity index (χ0) is 15.1. The van der Waals surface area contributed by atoms with Crippen molar-refractivity contribution in [2.24, 2.45) is 5.92 Å². The Bertz CT molecular complexity index is 491. The minimum Gasteiger partial charge on any atom is -0.462 e. The monoisotopic (exact) mass is 280 g/mol. The normalized spacial score (nSPS) is 14.7. The highest BCUT2D eigenvalue weighted by Crippen LogP contribution is 2.03. The van der Waals surface area contributed by atoms with Crippen molar-refractivity contribution < 1.29 is 23.9 Å². The van der Waals surface area contributed by atoms with Crippen molar-refractivity contribution in [1.82, 2.24) is 10.6 Å². The molecule has 2 N–H and O–H groups in total. The van der Waals surface area contributed by atoms with Crippen LogP contribution in [0.4, 0.5) is 0 Å². The molecule has 1 rings (SSSR count). The van der Waals surface area contributed by atoms with Crippen LogP contribution in [0.2, 0.25) is 0 Å². The Hall–Kier alpha value is -2.57. The predicted molar refractivity (Wildman–Crippen MR) is 69.5 cm³/mol. The highest BCUT2D eigenvalue weighted by atomic mass is 16.5. The molecule has 0 aromatic heterocycles. The molecule has 0 aromatic carbocycles. The van der Waals surface area contributed by atoms with E-state index in [-0.39, 0.29) is 24.1 Å². The van der Waals surface area contributed by atoms with E-state index in [4.69, 9.17) is 9.47 Å². The molecule has 7 nitrogen and oxygen atoms in total. The Morgan fingerprint density at radius 3 is 2.60 bits per heavy atom. The fourth-order valence-electron chi connectivity index (χ4n) is 1.10. The number of esters is 2. The first-order valence-electron chi connectivity index (χ1n) is 5.92. The number of carbonyl (C=O) groups is 3. The summed E-state index contributed by atoms with van der Waals surface area (Å²) in [5, 5.41) is 4.91. The molecule has 20 heavy (non-hydrogen) atoms. The standard InChI is InChI=1S/C13H16N2O5/c1-8(2)7-19-11(16)4-5-12(17)20-10-6-14-9(3)15-13(10)18/h4-6,8,14H,3,7H2,1-2H3,(H,15,18)/b5-4+. The quantitative estimate of drug-likeness (QED) is 0.556. The van der Waals surface area contributed by atoms with Crippen LogP contribution >= 0.6 is 0 Å². The van der Waals surface area contributed by atoms with Gasteiger partial charge < -0.3 is 20.1 Å². The number of hydrogen-bond donors (Lipinski definition) is 2. The lowest BCUT2D eigenvalue weighted by Gasteiger charge is -2.15. The van der Waals surface area contributed by atoms with Gasteiger partial charge in [-0.25, -0.2) is 9.59 Å². The molecule has 0 radical (unpaired) electrons. The molecule has 0 atom stereocenters. The summed E-state index contributed by atoms with van der Waals surface area (Å²) in [4.78, 5) is 34.0. The third-order valence-electron chi connectivity index (χ3n) is 1.99. The van der Waals surface area contributed by atoms with Gasteiger partial charge in [0.05, 0.1) is 12.8 Å². The molecule has 1 aliphatic rings. The van der Waals surface area contributed by atoms with Crippen LogP contribution in [-0.4, -0.2) is 24.5 Å². The Labute approximate surface area is 116 Å². The van der Waals surface area contributed by atoms with Gasteiger partial charge in [0, 0.05) is 12.2 Å². The zero-order valence-corrected chi connectivity index (χ0v) is 11.3. The van der Waals surface area contributed by atoms with Crippen LogP contribution in [0, 0.1) is 5.92 Å². The van der Waals surface area contributed by atoms with Crippen molar-refractivity contribution in [3.8, 4) is 0 Å². The maximum atomic E-state index is 11.4. The van der Waals surface area contributed by atoms with Gasteiger partial charge in [0.25, 0.3) is 5.91 Å². The van der Waals surface area contributed by atoms with Gasteiger partial charge in [0.2, 0.25) is 5.76 Å². The number of nitrogens with one attached hydrogen (secondary N) is 2. The molecule has 0 unspecified atom stereocenters. The number of amides is 1. The first-order chi connectivity index (χ1) is 9.38. The number of ether oxygens (including phenoxy) is 2. The molecule has 1 amide bonds. The SMILES string of the molecule is C=C1NC=C(OC(=O)/C=C/C(=O)OCC(C)C)C(=O)N1. The molecular weight excluding hydrogens is 264 g/mol. The van der Waals surface area contributed by atoms with E-state index in [9.17, 15) is 14.4 Å². The average molecular weight is 280 g/mol. The topological polar surface area (TPSA) is 93.7 Å². The Kier molecular flexibility index (Phi) is 5.52. The summed E-state index contributed by atoms with van der Waals surface area (Å²) in [6.07, 6.45) is 3.03. The largest absolute Gasteiger partial charge is 0.462 e. The molecule has 1 aliphatic heterocycles. The summed E-state index contributed by atoms with van der Waals surface area (Å²) < 4.78 is 9.57. The maximum Gasteiger partial charge on any atom is 0.336 e. The molecule has 0 saturated heterocycles. The van der Waals surface area contributed by atoms with Crippen molar-refractivity contribution in [3.63, 3.8) is 0 Å². The van der Waals surface area contributed by atoms with Gasteiger partial charge in [0.15, 0.2) is 0 Å². The molecule has 0 aliphatic carbocycles. The van der Waals surface area contributed by atoms with E-state index in [0.29, 0.717) is 0 Å². The van der Waals surface area contributed by atoms with Crippen molar-refractivity contribution >= 4 is 17.8 Å². The first-order valence-corrected chi connectivity index (χ1v) is 5.92. The van der Waals surface area contributed by atoms with Crippen LogP contribution in [0.25, 0.3) is 0 Å². The van der Waals surface area contributed by atoms with Gasteiger partial charge in [-0.2, -0.15) is 0 Å². The molecule has 0 bridgehead atoms. The van der Waals surface area contributed by atoms with Crippen LogP contribution in [0.5, 0.6) is 0 Å². The lowest BCUT2D eigenvalue weighted by Crippen LogP contribution is -2.36. The van der Waals surface area contributed by atoms with Gasteiger partial charge in [-0.05, 0) is 5.92 Å².